The molecule has 0 spiro atoms. The molecule has 0 fully saturated rings. The van der Waals surface area contributed by atoms with Gasteiger partial charge in [-0.25, -0.2) is 15.0 Å². The lowest BCUT2D eigenvalue weighted by atomic mass is 9.62. The van der Waals surface area contributed by atoms with Crippen LogP contribution in [-0.2, 0) is 5.41 Å². The van der Waals surface area contributed by atoms with Gasteiger partial charge in [0.15, 0.2) is 5.43 Å². The maximum atomic E-state index is 14.2. The summed E-state index contributed by atoms with van der Waals surface area (Å²) in [6.07, 6.45) is 0. The van der Waals surface area contributed by atoms with Crippen LogP contribution in [0.1, 0.15) is 29.2 Å². The van der Waals surface area contributed by atoms with Gasteiger partial charge in [0.05, 0.1) is 101 Å². The fourth-order valence-corrected chi connectivity index (χ4v) is 20.0. The zero-order valence-corrected chi connectivity index (χ0v) is 64.5. The molecule has 14 nitrogen and oxygen atoms in total. The lowest BCUT2D eigenvalue weighted by molar-refractivity contribution is 0.731. The smallest absolute Gasteiger partial charge is 0.264 e. The van der Waals surface area contributed by atoms with Crippen molar-refractivity contribution < 1.29 is 0 Å². The maximum absolute atomic E-state index is 14.2. The third-order valence-electron chi connectivity index (χ3n) is 24.9. The molecule has 14 heteroatoms. The van der Waals surface area contributed by atoms with Crippen molar-refractivity contribution in [2.24, 2.45) is 0 Å². The molecule has 120 heavy (non-hydrogen) atoms. The van der Waals surface area contributed by atoms with E-state index in [1.807, 2.05) is 164 Å². The number of hydrogen-bond donors (Lipinski definition) is 0. The van der Waals surface area contributed by atoms with Gasteiger partial charge in [-0.2, -0.15) is 0 Å². The number of fused-ring (bicyclic) bond motifs is 18. The highest BCUT2D eigenvalue weighted by atomic mass is 16.1. The Morgan fingerprint density at radius 1 is 0.242 bits per heavy atom. The number of aromatic nitrogens is 7. The molecule has 0 amide bonds. The van der Waals surface area contributed by atoms with E-state index in [-0.39, 0.29) is 22.1 Å². The Hall–Kier alpha value is -16.2. The van der Waals surface area contributed by atoms with Crippen LogP contribution in [0, 0.1) is 0 Å². The van der Waals surface area contributed by atoms with E-state index in [1.54, 1.807) is 13.2 Å². The Morgan fingerprint density at radius 2 is 0.542 bits per heavy atom. The molecule has 0 saturated heterocycles. The van der Waals surface area contributed by atoms with Gasteiger partial charge in [0.25, 0.3) is 16.7 Å². The number of rotatable bonds is 6. The molecule has 2 aliphatic heterocycles. The summed E-state index contributed by atoms with van der Waals surface area (Å²) >= 11 is 0. The minimum atomic E-state index is -0.542. The van der Waals surface area contributed by atoms with Crippen LogP contribution < -0.4 is 36.8 Å². The number of imidazole rings is 3. The molecule has 17 aromatic carbocycles. The average Bonchev–Trinajstić information content (AvgIpc) is 0.867. The number of anilines is 8. The number of pyridine rings is 4. The van der Waals surface area contributed by atoms with E-state index < -0.39 is 5.41 Å². The number of hydrogen-bond acceptors (Lipinski definition) is 10. The van der Waals surface area contributed by atoms with Crippen LogP contribution in [0.25, 0.3) is 142 Å². The second-order valence-corrected chi connectivity index (χ2v) is 30.9. The summed E-state index contributed by atoms with van der Waals surface area (Å²) < 4.78 is 7.38. The van der Waals surface area contributed by atoms with Crippen molar-refractivity contribution in [3.63, 3.8) is 0 Å². The monoisotopic (exact) mass is 1540 g/mol. The molecule has 0 saturated carbocycles. The molecule has 26 rings (SSSR count). The molecule has 24 aromatic rings. The standard InChI is InChI=1S/C43H27N3O.C32H22N4O.C31H17N3O2/c47-42-32-26-27-36(30-18-13-19-31(40(30)32)41-44-35-22-9-12-25-39(35)46(41)42)45-37-23-10-7-20-33(37)43(28-14-3-1-4-15-28,29-16-5-2-6-17-29)34-21-8-11-24-38(34)45;1-2-34-26-14-5-7-16-28(26)35(29-17-8-6-15-27(29)34)24-19-18-22-30-20(24)10-9-11-21(30)31-33-23-12-3-4-13-25(23)36(31)32(22)37;35-29-19-8-1-4-13-24(19)33(25-14-5-2-9-20(25)29)26-17-16-22-28-18(26)10-7-11-21(28)30-32-23-12-3-6-15-27(23)34(30)31(22)36/h1-27H;3-19H,2H2,1H3;1-17H. The first-order valence-corrected chi connectivity index (χ1v) is 40.4. The van der Waals surface area contributed by atoms with Crippen LogP contribution in [0.15, 0.2) is 389 Å². The first-order valence-electron chi connectivity index (χ1n) is 40.4. The number of nitrogens with zero attached hydrogens (tertiary/aromatic N) is 10. The Labute approximate surface area is 683 Å². The summed E-state index contributed by atoms with van der Waals surface area (Å²) in [5, 5.41) is 12.0. The lowest BCUT2D eigenvalue weighted by Gasteiger charge is -2.46. The molecular weight excluding hydrogens is 1480 g/mol. The Bertz CT molecular complexity index is 8500. The predicted octanol–water partition coefficient (Wildman–Crippen LogP) is 23.3. The summed E-state index contributed by atoms with van der Waals surface area (Å²) in [6, 6.07) is 126. The van der Waals surface area contributed by atoms with Gasteiger partial charge in [-0.1, -0.05) is 237 Å². The number of benzene rings is 17. The first kappa shape index (κ1) is 68.2. The number of para-hydroxylation sites is 14. The van der Waals surface area contributed by atoms with E-state index >= 15 is 0 Å². The summed E-state index contributed by atoms with van der Waals surface area (Å²) in [6.45, 7) is 3.06. The fraction of sp³-hybridized carbons (Fsp3) is 0.0283. The summed E-state index contributed by atoms with van der Waals surface area (Å²) in [5.41, 5.74) is 22.6. The van der Waals surface area contributed by atoms with E-state index in [2.05, 4.69) is 232 Å². The normalized spacial score (nSPS) is 13.1. The molecule has 0 unspecified atom stereocenters. The topological polar surface area (TPSA) is 135 Å². The van der Waals surface area contributed by atoms with Crippen molar-refractivity contribution >= 4 is 182 Å². The van der Waals surface area contributed by atoms with Gasteiger partial charge in [-0.15, -0.1) is 0 Å². The average molecular weight is 1540 g/mol. The van der Waals surface area contributed by atoms with Crippen LogP contribution in [0.3, 0.4) is 0 Å². The van der Waals surface area contributed by atoms with Crippen LogP contribution >= 0.6 is 0 Å². The second kappa shape index (κ2) is 26.2. The van der Waals surface area contributed by atoms with Gasteiger partial charge in [0, 0.05) is 82.0 Å². The molecule has 564 valence electrons. The minimum Gasteiger partial charge on any atom is -0.338 e. The van der Waals surface area contributed by atoms with E-state index in [1.165, 1.54) is 33.6 Å². The van der Waals surface area contributed by atoms with E-state index in [0.717, 1.165) is 139 Å². The Kier molecular flexibility index (Phi) is 14.9. The van der Waals surface area contributed by atoms with Crippen LogP contribution in [0.4, 0.5) is 45.5 Å². The molecule has 9 heterocycles. The largest absolute Gasteiger partial charge is 0.338 e. The van der Waals surface area contributed by atoms with Gasteiger partial charge in [0.1, 0.15) is 16.9 Å². The summed E-state index contributed by atoms with van der Waals surface area (Å²) in [4.78, 5) is 76.8. The molecule has 2 aliphatic rings. The zero-order chi connectivity index (χ0) is 79.8. The molecule has 0 N–H and O–H groups in total. The highest BCUT2D eigenvalue weighted by molar-refractivity contribution is 6.23. The Morgan fingerprint density at radius 3 is 0.942 bits per heavy atom. The summed E-state index contributed by atoms with van der Waals surface area (Å²) in [5.74, 6) is 0. The van der Waals surface area contributed by atoms with E-state index in [4.69, 9.17) is 15.0 Å². The fourth-order valence-electron chi connectivity index (χ4n) is 20.0. The zero-order valence-electron chi connectivity index (χ0n) is 64.5. The van der Waals surface area contributed by atoms with Crippen molar-refractivity contribution in [3.05, 3.63) is 434 Å². The quantitative estimate of drug-likeness (QED) is 0.148. The van der Waals surface area contributed by atoms with Crippen molar-refractivity contribution in [2.75, 3.05) is 21.2 Å². The predicted molar refractivity (Wildman–Crippen MR) is 490 cm³/mol. The highest BCUT2D eigenvalue weighted by Crippen LogP contribution is 2.59. The molecule has 0 atom stereocenters. The molecule has 7 aromatic heterocycles. The van der Waals surface area contributed by atoms with E-state index in [0.29, 0.717) is 43.9 Å². The molecular formula is C106H66N10O4. The SMILES string of the molecule is CCN1c2ccccc2N(c2ccc3c(=O)n4c5ccccc5nc4c4cccc2c34)c2ccccc21.O=c1c2ccc(N3c4ccccc4C(c4ccccc4)(c4ccccc4)c4ccccc43)c3cccc(c32)c2nc3ccccc3n12.O=c1c2ccccc2n(-c2ccc3c(=O)n4c5ccccc5nc4c4cccc2c34)c2ccccc12. The van der Waals surface area contributed by atoms with Gasteiger partial charge >= 0.3 is 0 Å². The van der Waals surface area contributed by atoms with Gasteiger partial charge in [0.2, 0.25) is 0 Å². The Balaban J connectivity index is 0.000000103. The summed E-state index contributed by atoms with van der Waals surface area (Å²) in [7, 11) is 0. The van der Waals surface area contributed by atoms with Crippen LogP contribution in [0.2, 0.25) is 0 Å². The van der Waals surface area contributed by atoms with Crippen LogP contribution in [-0.4, -0.2) is 39.3 Å². The molecule has 0 radical (unpaired) electrons. The van der Waals surface area contributed by atoms with Gasteiger partial charge in [-0.3, -0.25) is 32.4 Å². The first-order chi connectivity index (χ1) is 59.2. The van der Waals surface area contributed by atoms with Gasteiger partial charge < -0.3 is 19.3 Å². The minimum absolute atomic E-state index is 0.0177. The van der Waals surface area contributed by atoms with Crippen molar-refractivity contribution in [2.45, 2.75) is 12.3 Å². The molecule has 0 aliphatic carbocycles. The van der Waals surface area contributed by atoms with Crippen molar-refractivity contribution in [1.82, 2.24) is 32.7 Å². The van der Waals surface area contributed by atoms with Crippen molar-refractivity contribution in [1.29, 1.82) is 0 Å². The van der Waals surface area contributed by atoms with Crippen LogP contribution in [0.5, 0.6) is 0 Å². The molecule has 0 bridgehead atoms. The highest BCUT2D eigenvalue weighted by Gasteiger charge is 2.47. The van der Waals surface area contributed by atoms with E-state index in [9.17, 15) is 19.2 Å². The lowest BCUT2D eigenvalue weighted by Crippen LogP contribution is -2.37. The van der Waals surface area contributed by atoms with Gasteiger partial charge in [-0.05, 0) is 163 Å². The third kappa shape index (κ3) is 9.51. The van der Waals surface area contributed by atoms with Crippen molar-refractivity contribution in [3.8, 4) is 5.69 Å². The second-order valence-electron chi connectivity index (χ2n) is 30.9. The third-order valence-corrected chi connectivity index (χ3v) is 24.9. The maximum Gasteiger partial charge on any atom is 0.264 e.